The minimum absolute atomic E-state index is 0.0652. The van der Waals surface area contributed by atoms with Gasteiger partial charge in [-0.3, -0.25) is 9.69 Å². The molecule has 0 spiro atoms. The van der Waals surface area contributed by atoms with E-state index in [1.165, 1.54) is 0 Å². The Labute approximate surface area is 147 Å². The molecule has 134 valence electrons. The first-order chi connectivity index (χ1) is 12.1. The maximum Gasteiger partial charge on any atom is 0.249 e. The Morgan fingerprint density at radius 2 is 2.00 bits per heavy atom. The molecule has 2 aromatic rings. The number of para-hydroxylation sites is 2. The molecule has 1 saturated heterocycles. The van der Waals surface area contributed by atoms with Gasteiger partial charge in [-0.2, -0.15) is 0 Å². The van der Waals surface area contributed by atoms with Gasteiger partial charge >= 0.3 is 0 Å². The summed E-state index contributed by atoms with van der Waals surface area (Å²) in [6.07, 6.45) is 2.94. The Balaban J connectivity index is 1.33. The van der Waals surface area contributed by atoms with Crippen LogP contribution in [0, 0.1) is 5.92 Å². The van der Waals surface area contributed by atoms with Gasteiger partial charge < -0.3 is 15.0 Å². The number of nitrogens with one attached hydrogen (secondary N) is 1. The van der Waals surface area contributed by atoms with Crippen molar-refractivity contribution in [2.75, 3.05) is 13.1 Å². The van der Waals surface area contributed by atoms with E-state index in [9.17, 15) is 9.90 Å². The minimum Gasteiger partial charge on any atom is -0.383 e. The van der Waals surface area contributed by atoms with Gasteiger partial charge in [0.15, 0.2) is 0 Å². The second-order valence-corrected chi connectivity index (χ2v) is 7.42. The van der Waals surface area contributed by atoms with Crippen molar-refractivity contribution in [1.82, 2.24) is 19.8 Å². The summed E-state index contributed by atoms with van der Waals surface area (Å²) in [5.74, 6) is 0.943. The summed E-state index contributed by atoms with van der Waals surface area (Å²) in [6.45, 7) is 2.59. The van der Waals surface area contributed by atoms with Crippen LogP contribution in [-0.2, 0) is 18.4 Å². The van der Waals surface area contributed by atoms with Gasteiger partial charge in [0.05, 0.1) is 17.6 Å². The zero-order chi connectivity index (χ0) is 17.4. The molecular formula is C19H26N4O2. The SMILES string of the molecule is Cn1c(CN2CCC([C@H](O)C(=O)NC3CC3)CC2)nc2ccccc21. The molecule has 4 rings (SSSR count). The molecule has 1 saturated carbocycles. The zero-order valence-corrected chi connectivity index (χ0v) is 14.7. The van der Waals surface area contributed by atoms with E-state index in [1.807, 2.05) is 18.2 Å². The van der Waals surface area contributed by atoms with Crippen LogP contribution in [0.15, 0.2) is 24.3 Å². The number of nitrogens with zero attached hydrogens (tertiary/aromatic N) is 3. The molecule has 1 aliphatic heterocycles. The van der Waals surface area contributed by atoms with E-state index in [-0.39, 0.29) is 11.8 Å². The Kier molecular flexibility index (Phi) is 4.48. The summed E-state index contributed by atoms with van der Waals surface area (Å²) < 4.78 is 2.15. The van der Waals surface area contributed by atoms with Gasteiger partial charge in [-0.05, 0) is 56.8 Å². The smallest absolute Gasteiger partial charge is 0.249 e. The van der Waals surface area contributed by atoms with Crippen LogP contribution in [0.3, 0.4) is 0 Å². The summed E-state index contributed by atoms with van der Waals surface area (Å²) in [7, 11) is 2.06. The summed E-state index contributed by atoms with van der Waals surface area (Å²) in [5, 5.41) is 13.2. The Bertz CT molecular complexity index is 760. The van der Waals surface area contributed by atoms with Gasteiger partial charge in [-0.15, -0.1) is 0 Å². The van der Waals surface area contributed by atoms with Crippen LogP contribution in [0.5, 0.6) is 0 Å². The average Bonchev–Trinajstić information content (AvgIpc) is 3.39. The number of aliphatic hydroxyl groups excluding tert-OH is 1. The number of fused-ring (bicyclic) bond motifs is 1. The summed E-state index contributed by atoms with van der Waals surface area (Å²) in [5.41, 5.74) is 2.18. The fourth-order valence-corrected chi connectivity index (χ4v) is 3.69. The van der Waals surface area contributed by atoms with Crippen molar-refractivity contribution in [3.63, 3.8) is 0 Å². The van der Waals surface area contributed by atoms with Gasteiger partial charge in [0.2, 0.25) is 5.91 Å². The van der Waals surface area contributed by atoms with Crippen LogP contribution >= 0.6 is 0 Å². The third-order valence-electron chi connectivity index (χ3n) is 5.52. The number of amides is 1. The van der Waals surface area contributed by atoms with Crippen molar-refractivity contribution in [3.05, 3.63) is 30.1 Å². The van der Waals surface area contributed by atoms with Crippen molar-refractivity contribution in [1.29, 1.82) is 0 Å². The van der Waals surface area contributed by atoms with Crippen LogP contribution < -0.4 is 5.32 Å². The first-order valence-electron chi connectivity index (χ1n) is 9.23. The molecule has 1 aliphatic carbocycles. The average molecular weight is 342 g/mol. The number of piperidine rings is 1. The Hall–Kier alpha value is -1.92. The van der Waals surface area contributed by atoms with Crippen molar-refractivity contribution >= 4 is 16.9 Å². The van der Waals surface area contributed by atoms with Gasteiger partial charge in [0, 0.05) is 13.1 Å². The molecule has 0 unspecified atom stereocenters. The number of aliphatic hydroxyl groups is 1. The molecule has 2 fully saturated rings. The number of carbonyl (C=O) groups is 1. The monoisotopic (exact) mass is 342 g/mol. The highest BCUT2D eigenvalue weighted by Gasteiger charge is 2.33. The quantitative estimate of drug-likeness (QED) is 0.862. The lowest BCUT2D eigenvalue weighted by Gasteiger charge is -2.33. The number of likely N-dealkylation sites (tertiary alicyclic amines) is 1. The highest BCUT2D eigenvalue weighted by Crippen LogP contribution is 2.25. The van der Waals surface area contributed by atoms with Crippen molar-refractivity contribution in [3.8, 4) is 0 Å². The van der Waals surface area contributed by atoms with E-state index < -0.39 is 6.10 Å². The lowest BCUT2D eigenvalue weighted by atomic mass is 9.90. The molecule has 25 heavy (non-hydrogen) atoms. The molecule has 2 aliphatic rings. The van der Waals surface area contributed by atoms with Crippen LogP contribution in [-0.4, -0.2) is 50.7 Å². The van der Waals surface area contributed by atoms with Crippen LogP contribution in [0.25, 0.3) is 11.0 Å². The molecule has 2 heterocycles. The van der Waals surface area contributed by atoms with Gasteiger partial charge in [-0.25, -0.2) is 4.98 Å². The largest absolute Gasteiger partial charge is 0.383 e. The number of carbonyl (C=O) groups excluding carboxylic acids is 1. The van der Waals surface area contributed by atoms with E-state index in [0.717, 1.165) is 62.2 Å². The molecule has 0 bridgehead atoms. The summed E-state index contributed by atoms with van der Waals surface area (Å²) in [6, 6.07) is 8.48. The first-order valence-corrected chi connectivity index (χ1v) is 9.23. The van der Waals surface area contributed by atoms with Crippen molar-refractivity contribution in [2.45, 2.75) is 44.4 Å². The molecule has 0 radical (unpaired) electrons. The van der Waals surface area contributed by atoms with Crippen LogP contribution in [0.2, 0.25) is 0 Å². The highest BCUT2D eigenvalue weighted by atomic mass is 16.3. The third kappa shape index (κ3) is 3.55. The van der Waals surface area contributed by atoms with Crippen molar-refractivity contribution in [2.24, 2.45) is 13.0 Å². The Morgan fingerprint density at radius 1 is 1.28 bits per heavy atom. The molecular weight excluding hydrogens is 316 g/mol. The van der Waals surface area contributed by atoms with Gasteiger partial charge in [0.25, 0.3) is 0 Å². The normalized spacial score (nSPS) is 20.7. The lowest BCUT2D eigenvalue weighted by Crippen LogP contribution is -2.45. The lowest BCUT2D eigenvalue weighted by molar-refractivity contribution is -0.133. The van der Waals surface area contributed by atoms with E-state index in [2.05, 4.69) is 27.9 Å². The number of aryl methyl sites for hydroxylation is 1. The predicted octanol–water partition coefficient (Wildman–Crippen LogP) is 1.42. The molecule has 6 nitrogen and oxygen atoms in total. The van der Waals surface area contributed by atoms with Crippen LogP contribution in [0.1, 0.15) is 31.5 Å². The van der Waals surface area contributed by atoms with E-state index >= 15 is 0 Å². The fraction of sp³-hybridized carbons (Fsp3) is 0.579. The van der Waals surface area contributed by atoms with Gasteiger partial charge in [-0.1, -0.05) is 12.1 Å². The molecule has 1 amide bonds. The molecule has 6 heteroatoms. The maximum atomic E-state index is 12.0. The Morgan fingerprint density at radius 3 is 2.68 bits per heavy atom. The number of benzene rings is 1. The number of hydrogen-bond donors (Lipinski definition) is 2. The fourth-order valence-electron chi connectivity index (χ4n) is 3.69. The second kappa shape index (κ2) is 6.77. The first kappa shape index (κ1) is 16.5. The number of imidazole rings is 1. The third-order valence-corrected chi connectivity index (χ3v) is 5.52. The van der Waals surface area contributed by atoms with E-state index in [1.54, 1.807) is 0 Å². The summed E-state index contributed by atoms with van der Waals surface area (Å²) in [4.78, 5) is 19.1. The molecule has 1 aromatic carbocycles. The standard InChI is InChI=1S/C19H26N4O2/c1-22-16-5-3-2-4-15(16)21-17(22)12-23-10-8-13(9-11-23)18(24)19(25)20-14-6-7-14/h2-5,13-14,18,24H,6-12H2,1H3,(H,20,25)/t18-/m0/s1. The molecule has 1 aromatic heterocycles. The topological polar surface area (TPSA) is 70.4 Å². The van der Waals surface area contributed by atoms with Crippen LogP contribution in [0.4, 0.5) is 0 Å². The van der Waals surface area contributed by atoms with Gasteiger partial charge in [0.1, 0.15) is 11.9 Å². The second-order valence-electron chi connectivity index (χ2n) is 7.42. The van der Waals surface area contributed by atoms with Crippen molar-refractivity contribution < 1.29 is 9.90 Å². The number of hydrogen-bond acceptors (Lipinski definition) is 4. The maximum absolute atomic E-state index is 12.0. The van der Waals surface area contributed by atoms with E-state index in [0.29, 0.717) is 6.04 Å². The molecule has 2 N–H and O–H groups in total. The minimum atomic E-state index is -0.863. The predicted molar refractivity (Wildman–Crippen MR) is 95.9 cm³/mol. The zero-order valence-electron chi connectivity index (χ0n) is 14.7. The summed E-state index contributed by atoms with van der Waals surface area (Å²) >= 11 is 0. The molecule has 1 atom stereocenters. The number of rotatable bonds is 5. The highest BCUT2D eigenvalue weighted by molar-refractivity contribution is 5.81. The van der Waals surface area contributed by atoms with E-state index in [4.69, 9.17) is 4.98 Å². The number of aromatic nitrogens is 2.